The second-order valence-corrected chi connectivity index (χ2v) is 7.26. The Morgan fingerprint density at radius 1 is 1.21 bits per heavy atom. The zero-order valence-corrected chi connectivity index (χ0v) is 16.6. The molecule has 4 N–H and O–H groups in total. The number of hydrogen-bond donors (Lipinski definition) is 3. The van der Waals surface area contributed by atoms with Crippen LogP contribution in [0.3, 0.4) is 0 Å². The van der Waals surface area contributed by atoms with Gasteiger partial charge in [0.1, 0.15) is 0 Å². The van der Waals surface area contributed by atoms with Gasteiger partial charge in [-0.1, -0.05) is 6.92 Å². The second-order valence-electron chi connectivity index (χ2n) is 7.26. The Morgan fingerprint density at radius 3 is 2.79 bits per heavy atom. The Balaban J connectivity index is 1.68. The molecule has 0 amide bonds. The van der Waals surface area contributed by atoms with Crippen molar-refractivity contribution in [2.24, 2.45) is 0 Å². The van der Waals surface area contributed by atoms with Crippen molar-refractivity contribution in [2.75, 3.05) is 29.1 Å². The number of hydrogen-bond acceptors (Lipinski definition) is 9. The summed E-state index contributed by atoms with van der Waals surface area (Å²) in [6.45, 7) is 3.64. The summed E-state index contributed by atoms with van der Waals surface area (Å²) >= 11 is 0. The number of nitrogens with zero attached hydrogens (tertiary/aromatic N) is 7. The number of fused-ring (bicyclic) bond motifs is 1. The highest BCUT2D eigenvalue weighted by Crippen LogP contribution is 2.26. The smallest absolute Gasteiger partial charge is 0.230 e. The third kappa shape index (κ3) is 4.07. The van der Waals surface area contributed by atoms with E-state index in [0.29, 0.717) is 18.4 Å². The number of nitrogens with two attached hydrogens (primary N) is 1. The predicted octanol–water partition coefficient (Wildman–Crippen LogP) is 1.41. The van der Waals surface area contributed by atoms with E-state index in [2.05, 4.69) is 32.2 Å². The first-order valence-electron chi connectivity index (χ1n) is 10.1. The van der Waals surface area contributed by atoms with Crippen LogP contribution in [0.2, 0.25) is 0 Å². The normalized spacial score (nSPS) is 17.0. The summed E-state index contributed by atoms with van der Waals surface area (Å²) in [6, 6.07) is 0.252. The van der Waals surface area contributed by atoms with Crippen molar-refractivity contribution in [3.8, 4) is 0 Å². The quantitative estimate of drug-likeness (QED) is 0.541. The van der Waals surface area contributed by atoms with E-state index >= 15 is 0 Å². The fraction of sp³-hybridized carbons (Fsp3) is 0.526. The van der Waals surface area contributed by atoms with Crippen molar-refractivity contribution in [2.45, 2.75) is 51.6 Å². The monoisotopic (exact) mass is 397 g/mol. The topological polar surface area (TPSA) is 130 Å². The van der Waals surface area contributed by atoms with Gasteiger partial charge in [0.2, 0.25) is 17.8 Å². The number of nitrogens with one attached hydrogen (secondary N) is 1. The Kier molecular flexibility index (Phi) is 5.70. The summed E-state index contributed by atoms with van der Waals surface area (Å²) in [4.78, 5) is 19.9. The number of aromatic nitrogens is 6. The molecule has 154 valence electrons. The maximum atomic E-state index is 9.47. The molecule has 10 nitrogen and oxygen atoms in total. The van der Waals surface area contributed by atoms with Crippen LogP contribution in [-0.4, -0.2) is 53.9 Å². The first-order chi connectivity index (χ1) is 14.2. The lowest BCUT2D eigenvalue weighted by Gasteiger charge is -2.35. The minimum absolute atomic E-state index is 0.165. The van der Waals surface area contributed by atoms with Gasteiger partial charge in [-0.05, 0) is 32.1 Å². The highest BCUT2D eigenvalue weighted by Gasteiger charge is 2.26. The van der Waals surface area contributed by atoms with Crippen molar-refractivity contribution < 1.29 is 5.11 Å². The van der Waals surface area contributed by atoms with E-state index < -0.39 is 0 Å². The highest BCUT2D eigenvalue weighted by atomic mass is 16.3. The lowest BCUT2D eigenvalue weighted by molar-refractivity contribution is 0.261. The molecule has 29 heavy (non-hydrogen) atoms. The zero-order chi connectivity index (χ0) is 20.2. The Bertz CT molecular complexity index is 954. The van der Waals surface area contributed by atoms with Gasteiger partial charge < -0.3 is 21.1 Å². The highest BCUT2D eigenvalue weighted by molar-refractivity contribution is 5.55. The summed E-state index contributed by atoms with van der Waals surface area (Å²) < 4.78 is 1.74. The number of aryl methyl sites for hydroxylation is 1. The summed E-state index contributed by atoms with van der Waals surface area (Å²) in [5.74, 6) is 1.55. The van der Waals surface area contributed by atoms with Crippen LogP contribution in [0, 0.1) is 0 Å². The van der Waals surface area contributed by atoms with Crippen LogP contribution < -0.4 is 16.0 Å². The fourth-order valence-electron chi connectivity index (χ4n) is 3.75. The van der Waals surface area contributed by atoms with Gasteiger partial charge in [-0.2, -0.15) is 19.6 Å². The molecule has 0 aliphatic carbocycles. The van der Waals surface area contributed by atoms with Crippen LogP contribution in [0.5, 0.6) is 0 Å². The molecule has 3 aromatic rings. The van der Waals surface area contributed by atoms with Crippen molar-refractivity contribution >= 4 is 23.5 Å². The first-order valence-corrected chi connectivity index (χ1v) is 10.1. The maximum Gasteiger partial charge on any atom is 0.230 e. The van der Waals surface area contributed by atoms with E-state index in [-0.39, 0.29) is 18.6 Å². The molecule has 1 unspecified atom stereocenters. The van der Waals surface area contributed by atoms with E-state index in [1.807, 2.05) is 6.20 Å². The molecule has 10 heteroatoms. The standard InChI is InChI=1S/C19H27N9O/c1-2-14-12-24-28-16(14)25-19(27-7-4-3-5-15(27)6-8-29)26-18(28)23-11-13-9-21-17(20)22-10-13/h9-10,12,15,29H,2-8,11H2,1H3,(H2,20,21,22)(H,23,25,26). The maximum absolute atomic E-state index is 9.47. The number of aliphatic hydroxyl groups is 1. The van der Waals surface area contributed by atoms with Gasteiger partial charge in [-0.25, -0.2) is 9.97 Å². The van der Waals surface area contributed by atoms with Gasteiger partial charge in [0.05, 0.1) is 6.20 Å². The van der Waals surface area contributed by atoms with Gasteiger partial charge >= 0.3 is 0 Å². The number of rotatable bonds is 7. The molecule has 1 aliphatic heterocycles. The largest absolute Gasteiger partial charge is 0.396 e. The molecule has 1 aliphatic rings. The minimum Gasteiger partial charge on any atom is -0.396 e. The number of anilines is 3. The van der Waals surface area contributed by atoms with Crippen molar-refractivity contribution in [1.29, 1.82) is 0 Å². The number of aliphatic hydroxyl groups excluding tert-OH is 1. The average molecular weight is 397 g/mol. The van der Waals surface area contributed by atoms with Crippen LogP contribution in [0.1, 0.15) is 43.7 Å². The van der Waals surface area contributed by atoms with Gasteiger partial charge in [0, 0.05) is 49.3 Å². The summed E-state index contributed by atoms with van der Waals surface area (Å²) in [7, 11) is 0. The van der Waals surface area contributed by atoms with Crippen molar-refractivity contribution in [3.05, 3.63) is 29.7 Å². The molecule has 4 rings (SSSR count). The lowest BCUT2D eigenvalue weighted by Crippen LogP contribution is -2.41. The van der Waals surface area contributed by atoms with Gasteiger partial charge in [-0.15, -0.1) is 0 Å². The molecular formula is C19H27N9O. The lowest BCUT2D eigenvalue weighted by atomic mass is 10.0. The summed E-state index contributed by atoms with van der Waals surface area (Å²) in [5.41, 5.74) is 8.34. The molecule has 1 atom stereocenters. The number of piperidine rings is 1. The second kappa shape index (κ2) is 8.56. The average Bonchev–Trinajstić information content (AvgIpc) is 3.17. The van der Waals surface area contributed by atoms with Gasteiger partial charge in [-0.3, -0.25) is 0 Å². The molecule has 0 bridgehead atoms. The van der Waals surface area contributed by atoms with Gasteiger partial charge in [0.25, 0.3) is 0 Å². The van der Waals surface area contributed by atoms with E-state index in [1.165, 1.54) is 6.42 Å². The van der Waals surface area contributed by atoms with Crippen LogP contribution in [-0.2, 0) is 13.0 Å². The van der Waals surface area contributed by atoms with Crippen LogP contribution in [0.25, 0.3) is 5.65 Å². The molecule has 0 saturated carbocycles. The van der Waals surface area contributed by atoms with Crippen molar-refractivity contribution in [3.63, 3.8) is 0 Å². The molecule has 0 spiro atoms. The molecule has 0 aromatic carbocycles. The zero-order valence-electron chi connectivity index (χ0n) is 16.6. The van der Waals surface area contributed by atoms with Gasteiger partial charge in [0.15, 0.2) is 5.65 Å². The minimum atomic E-state index is 0.165. The molecule has 3 aromatic heterocycles. The van der Waals surface area contributed by atoms with E-state index in [4.69, 9.17) is 15.7 Å². The van der Waals surface area contributed by atoms with Crippen molar-refractivity contribution in [1.82, 2.24) is 29.5 Å². The van der Waals surface area contributed by atoms with Crippen LogP contribution >= 0.6 is 0 Å². The Morgan fingerprint density at radius 2 is 2.03 bits per heavy atom. The van der Waals surface area contributed by atoms with E-state index in [1.54, 1.807) is 16.9 Å². The Hall–Kier alpha value is -3.01. The molecular weight excluding hydrogens is 370 g/mol. The first kappa shape index (κ1) is 19.3. The van der Waals surface area contributed by atoms with Crippen LogP contribution in [0.4, 0.5) is 17.8 Å². The fourth-order valence-corrected chi connectivity index (χ4v) is 3.75. The summed E-state index contributed by atoms with van der Waals surface area (Å²) in [6.07, 6.45) is 10.1. The molecule has 1 fully saturated rings. The third-order valence-corrected chi connectivity index (χ3v) is 5.33. The number of nitrogen functional groups attached to an aromatic ring is 1. The molecule has 4 heterocycles. The van der Waals surface area contributed by atoms with E-state index in [9.17, 15) is 5.11 Å². The van der Waals surface area contributed by atoms with Crippen LogP contribution in [0.15, 0.2) is 18.6 Å². The predicted molar refractivity (Wildman–Crippen MR) is 111 cm³/mol. The molecule has 0 radical (unpaired) electrons. The van der Waals surface area contributed by atoms with E-state index in [0.717, 1.165) is 49.0 Å². The summed E-state index contributed by atoms with van der Waals surface area (Å²) in [5, 5.41) is 17.3. The molecule has 1 saturated heterocycles. The third-order valence-electron chi connectivity index (χ3n) is 5.33. The Labute approximate surface area is 169 Å². The SMILES string of the molecule is CCc1cnn2c(NCc3cnc(N)nc3)nc(N3CCCCC3CCO)nc12.